The summed E-state index contributed by atoms with van der Waals surface area (Å²) in [6.07, 6.45) is 4.33. The van der Waals surface area contributed by atoms with Crippen molar-refractivity contribution in [3.63, 3.8) is 0 Å². The van der Waals surface area contributed by atoms with E-state index in [1.54, 1.807) is 0 Å². The Bertz CT molecular complexity index is 3260. The van der Waals surface area contributed by atoms with Crippen LogP contribution in [0.3, 0.4) is 0 Å². The second kappa shape index (κ2) is 17.6. The number of benzene rings is 6. The quantitative estimate of drug-likeness (QED) is 0.144. The van der Waals surface area contributed by atoms with Crippen molar-refractivity contribution < 1.29 is 4.74 Å². The third kappa shape index (κ3) is 9.65. The number of aromatic nitrogens is 2. The van der Waals surface area contributed by atoms with Crippen molar-refractivity contribution in [3.8, 4) is 17.3 Å². The fourth-order valence-electron chi connectivity index (χ4n) is 10.1. The monoisotopic (exact) mass is 941 g/mol. The first-order chi connectivity index (χ1) is 33.2. The topological polar surface area (TPSA) is 33.5 Å². The van der Waals surface area contributed by atoms with Gasteiger partial charge in [-0.25, -0.2) is 4.98 Å². The van der Waals surface area contributed by atoms with Gasteiger partial charge in [-0.15, -0.1) is 0 Å². The first-order valence-electron chi connectivity index (χ1n) is 25.6. The molecule has 71 heavy (non-hydrogen) atoms. The number of nitrogens with zero attached hydrogens (tertiary/aromatic N) is 4. The molecule has 1 aliphatic heterocycles. The molecule has 0 atom stereocenters. The third-order valence-electron chi connectivity index (χ3n) is 15.1. The molecule has 9 rings (SSSR count). The van der Waals surface area contributed by atoms with E-state index in [1.807, 2.05) is 6.20 Å². The number of anilines is 2. The largest absolute Gasteiger partial charge is 0.457 e. The summed E-state index contributed by atoms with van der Waals surface area (Å²) in [7, 11) is 0. The van der Waals surface area contributed by atoms with Gasteiger partial charge in [0.1, 0.15) is 17.3 Å². The van der Waals surface area contributed by atoms with Gasteiger partial charge in [0.15, 0.2) is 0 Å². The zero-order chi connectivity index (χ0) is 51.1. The summed E-state index contributed by atoms with van der Waals surface area (Å²) in [5.41, 5.74) is 14.0. The molecule has 0 aliphatic carbocycles. The number of fused-ring (bicyclic) bond motifs is 3. The van der Waals surface area contributed by atoms with Crippen LogP contribution in [0.2, 0.25) is 0 Å². The number of hydrogen-bond acceptors (Lipinski definition) is 4. The lowest BCUT2D eigenvalue weighted by molar-refractivity contribution is 0.479. The van der Waals surface area contributed by atoms with Crippen LogP contribution in [-0.4, -0.2) is 16.2 Å². The summed E-state index contributed by atoms with van der Waals surface area (Å²) in [5, 5.41) is 2.33. The van der Waals surface area contributed by atoms with E-state index in [9.17, 15) is 0 Å². The van der Waals surface area contributed by atoms with Gasteiger partial charge in [0.05, 0.1) is 17.7 Å². The highest BCUT2D eigenvalue weighted by atomic mass is 16.5. The van der Waals surface area contributed by atoms with Crippen molar-refractivity contribution in [1.29, 1.82) is 0 Å². The molecule has 6 aromatic carbocycles. The van der Waals surface area contributed by atoms with Crippen molar-refractivity contribution in [1.82, 2.24) is 9.55 Å². The Morgan fingerprint density at radius 2 is 0.958 bits per heavy atom. The van der Waals surface area contributed by atoms with E-state index in [0.717, 1.165) is 39.4 Å². The minimum atomic E-state index is -0.240. The maximum absolute atomic E-state index is 7.10. The molecule has 0 spiro atoms. The van der Waals surface area contributed by atoms with E-state index >= 15 is 0 Å². The van der Waals surface area contributed by atoms with Crippen LogP contribution in [0.25, 0.3) is 27.6 Å². The van der Waals surface area contributed by atoms with E-state index in [-0.39, 0.29) is 32.5 Å². The van der Waals surface area contributed by atoms with E-state index < -0.39 is 0 Å². The Labute approximate surface area is 425 Å². The molecule has 2 aromatic heterocycles. The predicted molar refractivity (Wildman–Crippen MR) is 302 cm³/mol. The van der Waals surface area contributed by atoms with E-state index in [0.29, 0.717) is 6.67 Å². The lowest BCUT2D eigenvalue weighted by atomic mass is 9.78. The highest BCUT2D eigenvalue weighted by Crippen LogP contribution is 2.45. The molecule has 0 fully saturated rings. The van der Waals surface area contributed by atoms with Gasteiger partial charge in [0, 0.05) is 68.6 Å². The maximum atomic E-state index is 7.10. The Balaban J connectivity index is 1.16. The SMILES string of the molecule is CC(C)(C)C1=CN(c2cc(Oc3ccc4c5cc(C(C)(C)c6ccccc6)ccc5n(-c5cc(C(C)(C)c6ccccc6)ccn5)c4c3)cc(C(C)(C)C)c2)CN1c1cc(C(C)(C)C)cc(C(C)(C)C)c1. The first kappa shape index (κ1) is 49.4. The summed E-state index contributed by atoms with van der Waals surface area (Å²) in [5.74, 6) is 2.45. The fraction of sp³-hybridized carbons (Fsp3) is 0.348. The minimum absolute atomic E-state index is 0.00769. The molecule has 0 saturated carbocycles. The second-order valence-corrected chi connectivity index (χ2v) is 25.3. The van der Waals surface area contributed by atoms with Crippen LogP contribution in [0.1, 0.15) is 150 Å². The second-order valence-electron chi connectivity index (χ2n) is 25.3. The Hall–Kier alpha value is -6.59. The number of ether oxygens (including phenoxy) is 1. The molecule has 0 radical (unpaired) electrons. The molecule has 3 heterocycles. The molecule has 8 aromatic rings. The zero-order valence-electron chi connectivity index (χ0n) is 45.4. The van der Waals surface area contributed by atoms with Gasteiger partial charge in [-0.1, -0.05) is 184 Å². The highest BCUT2D eigenvalue weighted by Gasteiger charge is 2.34. The summed E-state index contributed by atoms with van der Waals surface area (Å²) in [6, 6.07) is 53.6. The van der Waals surface area contributed by atoms with Gasteiger partial charge in [0.2, 0.25) is 0 Å². The van der Waals surface area contributed by atoms with Gasteiger partial charge in [-0.05, 0) is 116 Å². The van der Waals surface area contributed by atoms with Gasteiger partial charge in [0.25, 0.3) is 0 Å². The van der Waals surface area contributed by atoms with Gasteiger partial charge < -0.3 is 14.5 Å². The van der Waals surface area contributed by atoms with Crippen molar-refractivity contribution in [2.24, 2.45) is 5.41 Å². The van der Waals surface area contributed by atoms with Crippen LogP contribution in [0.4, 0.5) is 11.4 Å². The average molecular weight is 941 g/mol. The van der Waals surface area contributed by atoms with Crippen LogP contribution in [0.15, 0.2) is 164 Å². The van der Waals surface area contributed by atoms with Crippen LogP contribution in [0, 0.1) is 5.41 Å². The molecule has 1 aliphatic rings. The molecular weight excluding hydrogens is 865 g/mol. The molecule has 5 heteroatoms. The molecule has 0 unspecified atom stereocenters. The lowest BCUT2D eigenvalue weighted by Gasteiger charge is -2.34. The summed E-state index contributed by atoms with van der Waals surface area (Å²) in [4.78, 5) is 10.0. The first-order valence-corrected chi connectivity index (χ1v) is 25.6. The lowest BCUT2D eigenvalue weighted by Crippen LogP contribution is -2.31. The summed E-state index contributed by atoms with van der Waals surface area (Å²) < 4.78 is 9.43. The van der Waals surface area contributed by atoms with Crippen LogP contribution in [-0.2, 0) is 27.1 Å². The number of pyridine rings is 1. The van der Waals surface area contributed by atoms with Crippen LogP contribution in [0.5, 0.6) is 11.5 Å². The number of rotatable bonds is 9. The van der Waals surface area contributed by atoms with E-state index in [4.69, 9.17) is 9.72 Å². The van der Waals surface area contributed by atoms with Gasteiger partial charge in [-0.2, -0.15) is 0 Å². The number of hydrogen-bond donors (Lipinski definition) is 0. The minimum Gasteiger partial charge on any atom is -0.457 e. The highest BCUT2D eigenvalue weighted by molar-refractivity contribution is 6.10. The van der Waals surface area contributed by atoms with Crippen molar-refractivity contribution in [2.75, 3.05) is 16.5 Å². The zero-order valence-corrected chi connectivity index (χ0v) is 45.4. The van der Waals surface area contributed by atoms with Gasteiger partial charge in [-0.3, -0.25) is 4.57 Å². The molecule has 0 amide bonds. The van der Waals surface area contributed by atoms with Crippen molar-refractivity contribution >= 4 is 33.2 Å². The van der Waals surface area contributed by atoms with Crippen molar-refractivity contribution in [3.05, 3.63) is 203 Å². The molecule has 0 saturated heterocycles. The maximum Gasteiger partial charge on any atom is 0.137 e. The Morgan fingerprint density at radius 3 is 1.52 bits per heavy atom. The molecular formula is C66H76N4O. The van der Waals surface area contributed by atoms with E-state index in [2.05, 4.69) is 277 Å². The Kier molecular flexibility index (Phi) is 12.3. The third-order valence-corrected chi connectivity index (χ3v) is 15.1. The normalized spacial score (nSPS) is 14.2. The Morgan fingerprint density at radius 1 is 0.408 bits per heavy atom. The smallest absolute Gasteiger partial charge is 0.137 e. The molecule has 0 N–H and O–H groups in total. The molecule has 0 bridgehead atoms. The summed E-state index contributed by atoms with van der Waals surface area (Å²) >= 11 is 0. The van der Waals surface area contributed by atoms with Crippen molar-refractivity contribution in [2.45, 2.75) is 138 Å². The average Bonchev–Trinajstić information content (AvgIpc) is 3.92. The van der Waals surface area contributed by atoms with Gasteiger partial charge >= 0.3 is 0 Å². The fourth-order valence-corrected chi connectivity index (χ4v) is 10.1. The number of allylic oxidation sites excluding steroid dienone is 1. The molecule has 5 nitrogen and oxygen atoms in total. The van der Waals surface area contributed by atoms with E-state index in [1.165, 1.54) is 55.7 Å². The van der Waals surface area contributed by atoms with Crippen LogP contribution >= 0.6 is 0 Å². The van der Waals surface area contributed by atoms with Crippen LogP contribution < -0.4 is 14.5 Å². The molecule has 366 valence electrons. The summed E-state index contributed by atoms with van der Waals surface area (Å²) in [6.45, 7) is 37.6. The standard InChI is InChI=1S/C66H76N4O/c1-61(2,3)48-33-49(62(4,5)6)36-52(35-48)69-43-68(42-59(69)64(10,11)12)51-34-50(63(7,8)9)37-54(40-51)71-53-28-29-55-56-38-46(65(13,14)44-23-19-17-20-24-44)27-30-57(56)70(58(55)41-53)60-39-47(31-32-67-60)66(15,16)45-25-21-18-22-26-45/h17-42H,43H2,1-16H3. The predicted octanol–water partition coefficient (Wildman–Crippen LogP) is 17.7.